The second-order valence-corrected chi connectivity index (χ2v) is 6.27. The highest BCUT2D eigenvalue weighted by Crippen LogP contribution is 2.24. The molecule has 4 rings (SSSR count). The van der Waals surface area contributed by atoms with E-state index in [1.807, 2.05) is 49.4 Å². The summed E-state index contributed by atoms with van der Waals surface area (Å²) < 4.78 is 0. The summed E-state index contributed by atoms with van der Waals surface area (Å²) in [5.41, 5.74) is 4.12. The van der Waals surface area contributed by atoms with Crippen LogP contribution in [0.5, 0.6) is 0 Å². The smallest absolute Gasteiger partial charge is 0.228 e. The second-order valence-electron chi connectivity index (χ2n) is 6.27. The van der Waals surface area contributed by atoms with Crippen LogP contribution >= 0.6 is 0 Å². The number of aromatic amines is 1. The first kappa shape index (κ1) is 16.0. The van der Waals surface area contributed by atoms with E-state index >= 15 is 0 Å². The summed E-state index contributed by atoms with van der Waals surface area (Å²) in [5, 5.41) is 12.6. The highest BCUT2D eigenvalue weighted by Gasteiger charge is 2.18. The van der Waals surface area contributed by atoms with Crippen LogP contribution in [-0.2, 0) is 22.4 Å². The zero-order chi connectivity index (χ0) is 18.1. The van der Waals surface area contributed by atoms with E-state index in [0.29, 0.717) is 17.9 Å². The van der Waals surface area contributed by atoms with Crippen LogP contribution in [0.2, 0.25) is 0 Å². The highest BCUT2D eigenvalue weighted by atomic mass is 16.2. The van der Waals surface area contributed by atoms with Gasteiger partial charge >= 0.3 is 0 Å². The maximum absolute atomic E-state index is 12.4. The number of aryl methyl sites for hydroxylation is 1. The van der Waals surface area contributed by atoms with Gasteiger partial charge in [0.05, 0.1) is 12.8 Å². The molecule has 7 nitrogen and oxygen atoms in total. The van der Waals surface area contributed by atoms with Gasteiger partial charge in [-0.2, -0.15) is 5.10 Å². The Bertz CT molecular complexity index is 1010. The molecule has 0 bridgehead atoms. The fourth-order valence-corrected chi connectivity index (χ4v) is 2.97. The topological polar surface area (TPSA) is 99.8 Å². The van der Waals surface area contributed by atoms with Gasteiger partial charge in [-0.05, 0) is 36.2 Å². The number of carbonyl (C=O) groups is 2. The lowest BCUT2D eigenvalue weighted by molar-refractivity contribution is -0.116. The molecular weight excluding hydrogens is 330 g/mol. The highest BCUT2D eigenvalue weighted by molar-refractivity contribution is 5.99. The van der Waals surface area contributed by atoms with Crippen molar-refractivity contribution in [3.05, 3.63) is 59.4 Å². The molecule has 0 atom stereocenters. The van der Waals surface area contributed by atoms with E-state index in [1.54, 1.807) is 0 Å². The van der Waals surface area contributed by atoms with Crippen LogP contribution in [0.25, 0.3) is 11.4 Å². The molecule has 1 aliphatic rings. The quantitative estimate of drug-likeness (QED) is 0.675. The molecule has 0 fully saturated rings. The van der Waals surface area contributed by atoms with Crippen LogP contribution in [-0.4, -0.2) is 27.0 Å². The van der Waals surface area contributed by atoms with Gasteiger partial charge in [0.2, 0.25) is 11.8 Å². The van der Waals surface area contributed by atoms with Crippen LogP contribution in [0, 0.1) is 6.92 Å². The van der Waals surface area contributed by atoms with Gasteiger partial charge in [0.1, 0.15) is 5.82 Å². The Labute approximate surface area is 149 Å². The third-order valence-electron chi connectivity index (χ3n) is 4.17. The van der Waals surface area contributed by atoms with E-state index in [2.05, 4.69) is 25.8 Å². The van der Waals surface area contributed by atoms with E-state index in [4.69, 9.17) is 0 Å². The fourth-order valence-electron chi connectivity index (χ4n) is 2.97. The predicted molar refractivity (Wildman–Crippen MR) is 97.7 cm³/mol. The molecule has 7 heteroatoms. The zero-order valence-corrected chi connectivity index (χ0v) is 14.2. The van der Waals surface area contributed by atoms with E-state index in [9.17, 15) is 9.59 Å². The van der Waals surface area contributed by atoms with Crippen LogP contribution < -0.4 is 10.6 Å². The van der Waals surface area contributed by atoms with Crippen molar-refractivity contribution in [2.24, 2.45) is 0 Å². The van der Waals surface area contributed by atoms with Gasteiger partial charge < -0.3 is 10.6 Å². The Morgan fingerprint density at radius 3 is 2.92 bits per heavy atom. The maximum Gasteiger partial charge on any atom is 0.228 e. The number of fused-ring (bicyclic) bond motifs is 1. The van der Waals surface area contributed by atoms with Gasteiger partial charge in [-0.1, -0.05) is 24.3 Å². The summed E-state index contributed by atoms with van der Waals surface area (Å²) in [4.78, 5) is 28.1. The summed E-state index contributed by atoms with van der Waals surface area (Å²) in [6.45, 7) is 1.83. The first-order valence-corrected chi connectivity index (χ1v) is 8.28. The molecule has 2 aromatic carbocycles. The van der Waals surface area contributed by atoms with E-state index < -0.39 is 0 Å². The van der Waals surface area contributed by atoms with E-state index in [1.165, 1.54) is 0 Å². The molecule has 26 heavy (non-hydrogen) atoms. The number of rotatable bonds is 4. The molecule has 0 radical (unpaired) electrons. The van der Waals surface area contributed by atoms with Crippen LogP contribution in [0.4, 0.5) is 11.4 Å². The average molecular weight is 347 g/mol. The number of nitrogens with zero attached hydrogens (tertiary/aromatic N) is 2. The predicted octanol–water partition coefficient (Wildman–Crippen LogP) is 2.46. The average Bonchev–Trinajstić information content (AvgIpc) is 3.19. The lowest BCUT2D eigenvalue weighted by Gasteiger charge is -2.08. The minimum atomic E-state index is -0.127. The number of benzene rings is 2. The van der Waals surface area contributed by atoms with Crippen molar-refractivity contribution in [3.63, 3.8) is 0 Å². The molecule has 3 aromatic rings. The number of hydrogen-bond acceptors (Lipinski definition) is 4. The van der Waals surface area contributed by atoms with Crippen LogP contribution in [0.1, 0.15) is 17.0 Å². The molecule has 0 saturated carbocycles. The Morgan fingerprint density at radius 2 is 2.12 bits per heavy atom. The Balaban J connectivity index is 1.45. The minimum Gasteiger partial charge on any atom is -0.326 e. The number of carbonyl (C=O) groups excluding carboxylic acids is 2. The lowest BCUT2D eigenvalue weighted by Crippen LogP contribution is -2.14. The number of H-pyrrole nitrogens is 1. The molecule has 1 aliphatic heterocycles. The number of aromatic nitrogens is 3. The molecule has 0 spiro atoms. The van der Waals surface area contributed by atoms with Crippen molar-refractivity contribution in [1.82, 2.24) is 15.2 Å². The van der Waals surface area contributed by atoms with Crippen molar-refractivity contribution in [2.45, 2.75) is 19.8 Å². The lowest BCUT2D eigenvalue weighted by atomic mass is 10.1. The summed E-state index contributed by atoms with van der Waals surface area (Å²) in [6.07, 6.45) is 0.627. The summed E-state index contributed by atoms with van der Waals surface area (Å²) in [6, 6.07) is 13.0. The molecule has 3 N–H and O–H groups in total. The summed E-state index contributed by atoms with van der Waals surface area (Å²) >= 11 is 0. The Morgan fingerprint density at radius 1 is 1.23 bits per heavy atom. The van der Waals surface area contributed by atoms with Gasteiger partial charge in [-0.15, -0.1) is 0 Å². The molecular formula is C19H17N5O2. The monoisotopic (exact) mass is 347 g/mol. The van der Waals surface area contributed by atoms with Crippen molar-refractivity contribution in [1.29, 1.82) is 0 Å². The Hall–Kier alpha value is -3.48. The molecule has 2 heterocycles. The second kappa shape index (κ2) is 6.44. The fraction of sp³-hybridized carbons (Fsp3) is 0.158. The molecule has 2 amide bonds. The normalized spacial score (nSPS) is 12.6. The number of anilines is 2. The van der Waals surface area contributed by atoms with Gasteiger partial charge in [0.25, 0.3) is 0 Å². The molecule has 1 aromatic heterocycles. The third kappa shape index (κ3) is 3.32. The molecule has 130 valence electrons. The van der Waals surface area contributed by atoms with Crippen LogP contribution in [0.15, 0.2) is 42.5 Å². The van der Waals surface area contributed by atoms with Crippen molar-refractivity contribution >= 4 is 23.2 Å². The largest absolute Gasteiger partial charge is 0.326 e. The SMILES string of the molecule is Cc1nc(-c2cccc(NC(=O)Cc3ccc4c(c3)NC(=O)C4)c2)n[nH]1. The van der Waals surface area contributed by atoms with Crippen molar-refractivity contribution in [3.8, 4) is 11.4 Å². The summed E-state index contributed by atoms with van der Waals surface area (Å²) in [5.74, 6) is 1.18. The molecule has 0 saturated heterocycles. The third-order valence-corrected chi connectivity index (χ3v) is 4.17. The maximum atomic E-state index is 12.4. The number of nitrogens with one attached hydrogen (secondary N) is 3. The first-order valence-electron chi connectivity index (χ1n) is 8.28. The van der Waals surface area contributed by atoms with Gasteiger partial charge in [0, 0.05) is 16.9 Å². The number of hydrogen-bond donors (Lipinski definition) is 3. The van der Waals surface area contributed by atoms with Gasteiger partial charge in [-0.25, -0.2) is 4.98 Å². The molecule has 0 unspecified atom stereocenters. The first-order chi connectivity index (χ1) is 12.6. The van der Waals surface area contributed by atoms with Crippen LogP contribution in [0.3, 0.4) is 0 Å². The minimum absolute atomic E-state index is 0.0133. The zero-order valence-electron chi connectivity index (χ0n) is 14.2. The number of amides is 2. The standard InChI is InChI=1S/C19H17N5O2/c1-11-20-19(24-23-11)14-3-2-4-15(9-14)21-17(25)8-12-5-6-13-10-18(26)22-16(13)7-12/h2-7,9H,8,10H2,1H3,(H,21,25)(H,22,26)(H,20,23,24). The van der Waals surface area contributed by atoms with Crippen molar-refractivity contribution < 1.29 is 9.59 Å². The van der Waals surface area contributed by atoms with E-state index in [-0.39, 0.29) is 18.2 Å². The summed E-state index contributed by atoms with van der Waals surface area (Å²) in [7, 11) is 0. The van der Waals surface area contributed by atoms with Crippen molar-refractivity contribution in [2.75, 3.05) is 10.6 Å². The van der Waals surface area contributed by atoms with Gasteiger partial charge in [0.15, 0.2) is 5.82 Å². The molecule has 0 aliphatic carbocycles. The van der Waals surface area contributed by atoms with E-state index in [0.717, 1.165) is 28.2 Å². The Kier molecular flexibility index (Phi) is 3.96. The van der Waals surface area contributed by atoms with Gasteiger partial charge in [-0.3, -0.25) is 14.7 Å².